The zero-order chi connectivity index (χ0) is 21.0. The number of pyridine rings is 1. The summed E-state index contributed by atoms with van der Waals surface area (Å²) in [4.78, 5) is 30.1. The van der Waals surface area contributed by atoms with Gasteiger partial charge in [0.2, 0.25) is 5.91 Å². The standard InChI is InChI=1S/C18H19N3O.C2HF3O2/c22-18-17-13-20(10-14-5-4-8-19-9-14)11-15(17)12-21(18)16-6-2-1-3-7-16;3-2(4,5)1(6)7/h1-9,15,17H,10-13H2;(H,6,7). The van der Waals surface area contributed by atoms with Gasteiger partial charge in [0.05, 0.1) is 5.92 Å². The summed E-state index contributed by atoms with van der Waals surface area (Å²) >= 11 is 0. The summed E-state index contributed by atoms with van der Waals surface area (Å²) in [7, 11) is 0. The SMILES string of the molecule is O=C(O)C(F)(F)F.O=C1C2CN(Cc3cccnc3)CC2CN1c1ccccc1. The topological polar surface area (TPSA) is 73.7 Å². The van der Waals surface area contributed by atoms with Crippen LogP contribution in [0.2, 0.25) is 0 Å². The molecule has 3 heterocycles. The Kier molecular flexibility index (Phi) is 6.17. The number of fused-ring (bicyclic) bond motifs is 1. The molecule has 29 heavy (non-hydrogen) atoms. The molecule has 2 aliphatic rings. The lowest BCUT2D eigenvalue weighted by Crippen LogP contribution is -2.32. The minimum atomic E-state index is -5.08. The van der Waals surface area contributed by atoms with Crippen LogP contribution in [0.25, 0.3) is 0 Å². The molecule has 2 fully saturated rings. The van der Waals surface area contributed by atoms with E-state index in [0.29, 0.717) is 5.92 Å². The summed E-state index contributed by atoms with van der Waals surface area (Å²) in [5.74, 6) is -1.88. The Labute approximate surface area is 165 Å². The third-order valence-corrected chi connectivity index (χ3v) is 4.96. The average Bonchev–Trinajstić information content (AvgIpc) is 3.22. The largest absolute Gasteiger partial charge is 0.490 e. The molecular weight excluding hydrogens is 387 g/mol. The minimum Gasteiger partial charge on any atom is -0.475 e. The number of anilines is 1. The Morgan fingerprint density at radius 1 is 1.10 bits per heavy atom. The van der Waals surface area contributed by atoms with Crippen LogP contribution in [0.4, 0.5) is 18.9 Å². The zero-order valence-electron chi connectivity index (χ0n) is 15.4. The lowest BCUT2D eigenvalue weighted by molar-refractivity contribution is -0.192. The molecule has 9 heteroatoms. The molecule has 4 rings (SSSR count). The fourth-order valence-corrected chi connectivity index (χ4v) is 3.67. The van der Waals surface area contributed by atoms with Gasteiger partial charge in [0.15, 0.2) is 0 Å². The Bertz CT molecular complexity index is 846. The average molecular weight is 407 g/mol. The van der Waals surface area contributed by atoms with Gasteiger partial charge in [0, 0.05) is 50.2 Å². The second-order valence-electron chi connectivity index (χ2n) is 7.01. The molecule has 1 aromatic carbocycles. The van der Waals surface area contributed by atoms with Gasteiger partial charge in [-0.2, -0.15) is 13.2 Å². The number of amides is 1. The Hall–Kier alpha value is -2.94. The second-order valence-corrected chi connectivity index (χ2v) is 7.01. The predicted molar refractivity (Wildman–Crippen MR) is 99.0 cm³/mol. The number of carbonyl (C=O) groups is 2. The number of alkyl halides is 3. The van der Waals surface area contributed by atoms with Crippen LogP contribution in [0.3, 0.4) is 0 Å². The summed E-state index contributed by atoms with van der Waals surface area (Å²) in [6.07, 6.45) is -1.38. The third-order valence-electron chi connectivity index (χ3n) is 4.96. The van der Waals surface area contributed by atoms with Crippen molar-refractivity contribution in [2.24, 2.45) is 11.8 Å². The van der Waals surface area contributed by atoms with Crippen molar-refractivity contribution >= 4 is 17.6 Å². The van der Waals surface area contributed by atoms with Crippen LogP contribution in [0.5, 0.6) is 0 Å². The lowest BCUT2D eigenvalue weighted by atomic mass is 10.0. The molecule has 2 atom stereocenters. The van der Waals surface area contributed by atoms with Gasteiger partial charge >= 0.3 is 12.1 Å². The van der Waals surface area contributed by atoms with Crippen LogP contribution in [0.15, 0.2) is 54.9 Å². The van der Waals surface area contributed by atoms with Crippen LogP contribution in [0.1, 0.15) is 5.56 Å². The van der Waals surface area contributed by atoms with Crippen molar-refractivity contribution < 1.29 is 27.9 Å². The van der Waals surface area contributed by atoms with E-state index in [4.69, 9.17) is 9.90 Å². The maximum absolute atomic E-state index is 12.7. The van der Waals surface area contributed by atoms with Crippen molar-refractivity contribution in [3.63, 3.8) is 0 Å². The van der Waals surface area contributed by atoms with Crippen LogP contribution in [0, 0.1) is 11.8 Å². The maximum atomic E-state index is 12.7. The van der Waals surface area contributed by atoms with Crippen LogP contribution in [-0.2, 0) is 16.1 Å². The molecule has 0 aliphatic carbocycles. The van der Waals surface area contributed by atoms with Crippen molar-refractivity contribution in [2.75, 3.05) is 24.5 Å². The first-order valence-corrected chi connectivity index (χ1v) is 9.03. The summed E-state index contributed by atoms with van der Waals surface area (Å²) < 4.78 is 31.7. The molecule has 1 amide bonds. The number of carboxylic acids is 1. The van der Waals surface area contributed by atoms with Gasteiger partial charge in [-0.15, -0.1) is 0 Å². The van der Waals surface area contributed by atoms with E-state index in [1.165, 1.54) is 5.56 Å². The normalized spacial score (nSPS) is 21.5. The number of aliphatic carboxylic acids is 1. The molecule has 1 N–H and O–H groups in total. The van der Waals surface area contributed by atoms with E-state index in [0.717, 1.165) is 31.9 Å². The number of likely N-dealkylation sites (tertiary alicyclic amines) is 1. The van der Waals surface area contributed by atoms with E-state index in [2.05, 4.69) is 16.0 Å². The molecule has 0 spiro atoms. The number of benzene rings is 1. The quantitative estimate of drug-likeness (QED) is 0.847. The Morgan fingerprint density at radius 3 is 2.34 bits per heavy atom. The lowest BCUT2D eigenvalue weighted by Gasteiger charge is -2.21. The zero-order valence-corrected chi connectivity index (χ0v) is 15.4. The van der Waals surface area contributed by atoms with Crippen molar-refractivity contribution in [1.29, 1.82) is 0 Å². The fourth-order valence-electron chi connectivity index (χ4n) is 3.67. The number of para-hydroxylation sites is 1. The first kappa shape index (κ1) is 20.8. The van der Waals surface area contributed by atoms with E-state index in [1.807, 2.05) is 47.5 Å². The van der Waals surface area contributed by atoms with Gasteiger partial charge < -0.3 is 10.0 Å². The maximum Gasteiger partial charge on any atom is 0.490 e. The summed E-state index contributed by atoms with van der Waals surface area (Å²) in [6, 6.07) is 14.1. The van der Waals surface area contributed by atoms with Crippen LogP contribution in [-0.4, -0.2) is 52.7 Å². The number of aromatic nitrogens is 1. The molecule has 0 bridgehead atoms. The summed E-state index contributed by atoms with van der Waals surface area (Å²) in [6.45, 7) is 3.59. The monoisotopic (exact) mass is 407 g/mol. The molecule has 154 valence electrons. The molecule has 0 saturated carbocycles. The molecule has 2 saturated heterocycles. The van der Waals surface area contributed by atoms with Gasteiger partial charge in [-0.1, -0.05) is 24.3 Å². The molecule has 6 nitrogen and oxygen atoms in total. The van der Waals surface area contributed by atoms with Gasteiger partial charge in [-0.25, -0.2) is 4.79 Å². The summed E-state index contributed by atoms with van der Waals surface area (Å²) in [5, 5.41) is 7.12. The molecule has 2 aliphatic heterocycles. The predicted octanol–water partition coefficient (Wildman–Crippen LogP) is 2.81. The molecule has 2 unspecified atom stereocenters. The van der Waals surface area contributed by atoms with Crippen LogP contribution < -0.4 is 4.90 Å². The highest BCUT2D eigenvalue weighted by Crippen LogP contribution is 2.35. The highest BCUT2D eigenvalue weighted by atomic mass is 19.4. The first-order valence-electron chi connectivity index (χ1n) is 9.03. The number of carboxylic acid groups (broad SMARTS) is 1. The van der Waals surface area contributed by atoms with Crippen molar-refractivity contribution in [3.8, 4) is 0 Å². The molecule has 0 radical (unpaired) electrons. The molecule has 2 aromatic rings. The van der Waals surface area contributed by atoms with Crippen molar-refractivity contribution in [1.82, 2.24) is 9.88 Å². The Morgan fingerprint density at radius 2 is 1.79 bits per heavy atom. The van der Waals surface area contributed by atoms with Gasteiger partial charge in [-0.05, 0) is 23.8 Å². The van der Waals surface area contributed by atoms with Crippen molar-refractivity contribution in [2.45, 2.75) is 12.7 Å². The van der Waals surface area contributed by atoms with Gasteiger partial charge in [0.25, 0.3) is 0 Å². The third kappa shape index (κ3) is 5.11. The van der Waals surface area contributed by atoms with E-state index in [1.54, 1.807) is 6.20 Å². The van der Waals surface area contributed by atoms with Crippen molar-refractivity contribution in [3.05, 3.63) is 60.4 Å². The number of carbonyl (C=O) groups excluding carboxylic acids is 1. The second kappa shape index (κ2) is 8.60. The van der Waals surface area contributed by atoms with E-state index < -0.39 is 12.1 Å². The molecule has 1 aromatic heterocycles. The molecular formula is C20H20F3N3O3. The number of rotatable bonds is 3. The van der Waals surface area contributed by atoms with Gasteiger partial charge in [-0.3, -0.25) is 14.7 Å². The minimum absolute atomic E-state index is 0.150. The van der Waals surface area contributed by atoms with Gasteiger partial charge in [0.1, 0.15) is 0 Å². The van der Waals surface area contributed by atoms with E-state index in [9.17, 15) is 18.0 Å². The number of halogens is 3. The smallest absolute Gasteiger partial charge is 0.475 e. The number of nitrogens with zero attached hydrogens (tertiary/aromatic N) is 3. The summed E-state index contributed by atoms with van der Waals surface area (Å²) in [5.41, 5.74) is 2.25. The Balaban J connectivity index is 0.000000298. The number of hydrogen-bond acceptors (Lipinski definition) is 4. The van der Waals surface area contributed by atoms with E-state index in [-0.39, 0.29) is 11.8 Å². The number of hydrogen-bond donors (Lipinski definition) is 1. The first-order chi connectivity index (χ1) is 13.8. The van der Waals surface area contributed by atoms with E-state index >= 15 is 0 Å². The highest BCUT2D eigenvalue weighted by molar-refractivity contribution is 5.98. The fraction of sp³-hybridized carbons (Fsp3) is 0.350. The van der Waals surface area contributed by atoms with Crippen LogP contribution >= 0.6 is 0 Å². The highest BCUT2D eigenvalue weighted by Gasteiger charge is 2.46.